The molecule has 15 heavy (non-hydrogen) atoms. The zero-order valence-electron chi connectivity index (χ0n) is 9.45. The molecular weight excluding hydrogens is 192 g/mol. The normalized spacial score (nSPS) is 34.5. The highest BCUT2D eigenvalue weighted by atomic mass is 16.5. The van der Waals surface area contributed by atoms with E-state index in [0.717, 1.165) is 26.2 Å². The van der Waals surface area contributed by atoms with Gasteiger partial charge in [0.15, 0.2) is 0 Å². The first-order valence-corrected chi connectivity index (χ1v) is 5.78. The molecule has 4 heteroatoms. The van der Waals surface area contributed by atoms with E-state index in [4.69, 9.17) is 4.74 Å². The number of carbonyl (C=O) groups is 1. The molecule has 0 radical (unpaired) electrons. The van der Waals surface area contributed by atoms with Crippen molar-refractivity contribution in [2.45, 2.75) is 20.0 Å². The lowest BCUT2D eigenvalue weighted by molar-refractivity contribution is -0.124. The van der Waals surface area contributed by atoms with Crippen LogP contribution in [0.4, 0.5) is 0 Å². The lowest BCUT2D eigenvalue weighted by atomic mass is 9.93. The predicted octanol–water partition coefficient (Wildman–Crippen LogP) is -0.00700. The van der Waals surface area contributed by atoms with E-state index in [-0.39, 0.29) is 11.8 Å². The molecule has 0 spiro atoms. The largest absolute Gasteiger partial charge is 0.376 e. The van der Waals surface area contributed by atoms with Crippen molar-refractivity contribution in [2.75, 3.05) is 26.2 Å². The van der Waals surface area contributed by atoms with Crippen molar-refractivity contribution in [1.29, 1.82) is 0 Å². The van der Waals surface area contributed by atoms with Crippen LogP contribution in [0, 0.1) is 17.8 Å². The zero-order chi connectivity index (χ0) is 10.8. The van der Waals surface area contributed by atoms with Crippen LogP contribution in [-0.2, 0) is 9.53 Å². The van der Waals surface area contributed by atoms with Gasteiger partial charge in [-0.25, -0.2) is 0 Å². The molecule has 0 unspecified atom stereocenters. The fraction of sp³-hybridized carbons (Fsp3) is 0.909. The van der Waals surface area contributed by atoms with Gasteiger partial charge in [0.1, 0.15) is 0 Å². The summed E-state index contributed by atoms with van der Waals surface area (Å²) < 4.78 is 5.67. The number of nitrogens with one attached hydrogen (secondary N) is 2. The van der Waals surface area contributed by atoms with Gasteiger partial charge in [-0.3, -0.25) is 4.79 Å². The molecule has 1 amide bonds. The van der Waals surface area contributed by atoms with Gasteiger partial charge in [-0.2, -0.15) is 0 Å². The second-order valence-electron chi connectivity index (χ2n) is 4.85. The fourth-order valence-corrected chi connectivity index (χ4v) is 2.34. The van der Waals surface area contributed by atoms with Gasteiger partial charge in [-0.05, 0) is 0 Å². The number of hydrogen-bond donors (Lipinski definition) is 2. The van der Waals surface area contributed by atoms with Crippen LogP contribution in [0.1, 0.15) is 13.8 Å². The van der Waals surface area contributed by atoms with E-state index in [1.807, 2.05) is 13.8 Å². The molecule has 2 fully saturated rings. The lowest BCUT2D eigenvalue weighted by Crippen LogP contribution is -2.35. The molecule has 2 aliphatic heterocycles. The van der Waals surface area contributed by atoms with Crippen molar-refractivity contribution < 1.29 is 9.53 Å². The van der Waals surface area contributed by atoms with Gasteiger partial charge in [0, 0.05) is 37.4 Å². The third-order valence-electron chi connectivity index (χ3n) is 3.40. The Morgan fingerprint density at radius 1 is 1.53 bits per heavy atom. The Kier molecular flexibility index (Phi) is 3.26. The summed E-state index contributed by atoms with van der Waals surface area (Å²) in [4.78, 5) is 11.4. The van der Waals surface area contributed by atoms with Gasteiger partial charge in [-0.1, -0.05) is 13.8 Å². The van der Waals surface area contributed by atoms with E-state index in [2.05, 4.69) is 10.6 Å². The number of carbonyl (C=O) groups excluding carboxylic acids is 1. The van der Waals surface area contributed by atoms with Crippen molar-refractivity contribution in [3.05, 3.63) is 0 Å². The van der Waals surface area contributed by atoms with E-state index in [1.54, 1.807) is 0 Å². The Balaban J connectivity index is 1.78. The Morgan fingerprint density at radius 3 is 3.07 bits per heavy atom. The Bertz CT molecular complexity index is 243. The third-order valence-corrected chi connectivity index (χ3v) is 3.40. The number of amides is 1. The highest BCUT2D eigenvalue weighted by Crippen LogP contribution is 2.29. The molecule has 2 aliphatic rings. The van der Waals surface area contributed by atoms with Crippen LogP contribution in [-0.4, -0.2) is 38.3 Å². The second-order valence-corrected chi connectivity index (χ2v) is 4.85. The average molecular weight is 212 g/mol. The SMILES string of the molecule is CC(C)C(=O)NC[C@@H]1CO[C@H]2CNC[C@@H]12. The highest BCUT2D eigenvalue weighted by Gasteiger charge is 2.40. The molecule has 4 nitrogen and oxygen atoms in total. The molecule has 0 bridgehead atoms. The maximum atomic E-state index is 11.4. The van der Waals surface area contributed by atoms with E-state index in [0.29, 0.717) is 17.9 Å². The molecule has 2 heterocycles. The van der Waals surface area contributed by atoms with Crippen molar-refractivity contribution in [1.82, 2.24) is 10.6 Å². The van der Waals surface area contributed by atoms with Crippen molar-refractivity contribution in [3.63, 3.8) is 0 Å². The maximum absolute atomic E-state index is 11.4. The quantitative estimate of drug-likeness (QED) is 0.692. The highest BCUT2D eigenvalue weighted by molar-refractivity contribution is 5.77. The molecule has 2 saturated heterocycles. The lowest BCUT2D eigenvalue weighted by Gasteiger charge is -2.16. The van der Waals surface area contributed by atoms with Gasteiger partial charge in [-0.15, -0.1) is 0 Å². The Morgan fingerprint density at radius 2 is 2.33 bits per heavy atom. The van der Waals surface area contributed by atoms with E-state index in [9.17, 15) is 4.79 Å². The molecular formula is C11H20N2O2. The number of ether oxygens (including phenoxy) is 1. The monoisotopic (exact) mass is 212 g/mol. The van der Waals surface area contributed by atoms with E-state index in [1.165, 1.54) is 0 Å². The molecule has 0 aromatic carbocycles. The molecule has 2 N–H and O–H groups in total. The van der Waals surface area contributed by atoms with Crippen LogP contribution >= 0.6 is 0 Å². The summed E-state index contributed by atoms with van der Waals surface area (Å²) in [6, 6.07) is 0. The number of hydrogen-bond acceptors (Lipinski definition) is 3. The summed E-state index contributed by atoms with van der Waals surface area (Å²) in [6.45, 7) is 7.41. The first kappa shape index (κ1) is 10.9. The molecule has 2 rings (SSSR count). The Labute approximate surface area is 90.8 Å². The van der Waals surface area contributed by atoms with E-state index < -0.39 is 0 Å². The minimum absolute atomic E-state index is 0.0739. The van der Waals surface area contributed by atoms with Crippen LogP contribution in [0.3, 0.4) is 0 Å². The Hall–Kier alpha value is -0.610. The van der Waals surface area contributed by atoms with Gasteiger partial charge >= 0.3 is 0 Å². The molecule has 86 valence electrons. The molecule has 0 saturated carbocycles. The van der Waals surface area contributed by atoms with Crippen LogP contribution in [0.25, 0.3) is 0 Å². The van der Waals surface area contributed by atoms with Crippen LogP contribution in [0.5, 0.6) is 0 Å². The maximum Gasteiger partial charge on any atom is 0.222 e. The van der Waals surface area contributed by atoms with Crippen LogP contribution in [0.2, 0.25) is 0 Å². The van der Waals surface area contributed by atoms with Crippen molar-refractivity contribution in [3.8, 4) is 0 Å². The first-order chi connectivity index (χ1) is 7.18. The molecule has 3 atom stereocenters. The van der Waals surface area contributed by atoms with E-state index >= 15 is 0 Å². The summed E-state index contributed by atoms with van der Waals surface area (Å²) in [6.07, 6.45) is 0.381. The first-order valence-electron chi connectivity index (χ1n) is 5.78. The van der Waals surface area contributed by atoms with Crippen LogP contribution in [0.15, 0.2) is 0 Å². The smallest absolute Gasteiger partial charge is 0.222 e. The van der Waals surface area contributed by atoms with Gasteiger partial charge < -0.3 is 15.4 Å². The second kappa shape index (κ2) is 4.49. The number of fused-ring (bicyclic) bond motifs is 1. The summed E-state index contributed by atoms with van der Waals surface area (Å²) in [5, 5.41) is 6.32. The predicted molar refractivity (Wildman–Crippen MR) is 57.4 cm³/mol. The summed E-state index contributed by atoms with van der Waals surface area (Å²) in [7, 11) is 0. The molecule has 0 aromatic heterocycles. The standard InChI is InChI=1S/C11H20N2O2/c1-7(2)11(14)13-3-8-6-15-10-5-12-4-9(8)10/h7-10,12H,3-6H2,1-2H3,(H,13,14)/t8-,9+,10+/m1/s1. The van der Waals surface area contributed by atoms with Gasteiger partial charge in [0.05, 0.1) is 12.7 Å². The van der Waals surface area contributed by atoms with Crippen molar-refractivity contribution >= 4 is 5.91 Å². The van der Waals surface area contributed by atoms with Crippen molar-refractivity contribution in [2.24, 2.45) is 17.8 Å². The number of rotatable bonds is 3. The van der Waals surface area contributed by atoms with Gasteiger partial charge in [0.25, 0.3) is 0 Å². The summed E-state index contributed by atoms with van der Waals surface area (Å²) in [5.74, 6) is 1.30. The topological polar surface area (TPSA) is 50.4 Å². The minimum Gasteiger partial charge on any atom is -0.376 e. The third kappa shape index (κ3) is 2.32. The fourth-order valence-electron chi connectivity index (χ4n) is 2.34. The molecule has 0 aliphatic carbocycles. The van der Waals surface area contributed by atoms with Crippen LogP contribution < -0.4 is 10.6 Å². The minimum atomic E-state index is 0.0739. The average Bonchev–Trinajstić information content (AvgIpc) is 2.76. The summed E-state index contributed by atoms with van der Waals surface area (Å²) >= 11 is 0. The molecule has 0 aromatic rings. The summed E-state index contributed by atoms with van der Waals surface area (Å²) in [5.41, 5.74) is 0. The zero-order valence-corrected chi connectivity index (χ0v) is 9.45. The van der Waals surface area contributed by atoms with Gasteiger partial charge in [0.2, 0.25) is 5.91 Å².